The molecule has 2 rings (SSSR count). The summed E-state index contributed by atoms with van der Waals surface area (Å²) < 4.78 is 5.61. The van der Waals surface area contributed by atoms with Gasteiger partial charge < -0.3 is 9.84 Å². The molecule has 1 aliphatic carbocycles. The van der Waals surface area contributed by atoms with Gasteiger partial charge in [0.2, 0.25) is 0 Å². The first-order valence-electron chi connectivity index (χ1n) is 7.59. The highest BCUT2D eigenvalue weighted by Gasteiger charge is 2.28. The lowest BCUT2D eigenvalue weighted by Crippen LogP contribution is -2.18. The van der Waals surface area contributed by atoms with E-state index in [1.165, 1.54) is 38.5 Å². The number of aliphatic hydroxyl groups is 1. The number of hydrogen-bond donors (Lipinski definition) is 1. The largest absolute Gasteiger partial charge is 0.393 e. The van der Waals surface area contributed by atoms with Crippen molar-refractivity contribution in [2.75, 3.05) is 6.61 Å². The molecule has 1 saturated heterocycles. The summed E-state index contributed by atoms with van der Waals surface area (Å²) in [6.07, 6.45) is 11.3. The summed E-state index contributed by atoms with van der Waals surface area (Å²) in [6.45, 7) is 3.23. The fourth-order valence-corrected chi connectivity index (χ4v) is 3.50. The number of ether oxygens (including phenoxy) is 1. The lowest BCUT2D eigenvalue weighted by atomic mass is 9.94. The normalized spacial score (nSPS) is 35.3. The van der Waals surface area contributed by atoms with Gasteiger partial charge in [-0.2, -0.15) is 0 Å². The molecule has 0 spiro atoms. The van der Waals surface area contributed by atoms with E-state index in [1.54, 1.807) is 0 Å². The van der Waals surface area contributed by atoms with Crippen LogP contribution in [0.25, 0.3) is 0 Å². The van der Waals surface area contributed by atoms with Crippen molar-refractivity contribution >= 4 is 0 Å². The second kappa shape index (κ2) is 6.75. The van der Waals surface area contributed by atoms with Gasteiger partial charge in [-0.15, -0.1) is 0 Å². The van der Waals surface area contributed by atoms with Crippen molar-refractivity contribution in [2.45, 2.75) is 76.9 Å². The molecule has 1 heterocycles. The Labute approximate surface area is 106 Å². The van der Waals surface area contributed by atoms with Gasteiger partial charge in [-0.25, -0.2) is 0 Å². The van der Waals surface area contributed by atoms with Crippen molar-refractivity contribution in [3.8, 4) is 0 Å². The minimum atomic E-state index is -0.0482. The van der Waals surface area contributed by atoms with E-state index in [-0.39, 0.29) is 6.10 Å². The van der Waals surface area contributed by atoms with Crippen LogP contribution in [0.4, 0.5) is 0 Å². The summed E-state index contributed by atoms with van der Waals surface area (Å²) in [4.78, 5) is 0. The average Bonchev–Trinajstić information content (AvgIpc) is 2.99. The number of hydrogen-bond acceptors (Lipinski definition) is 2. The molecular formula is C15H28O2. The quantitative estimate of drug-likeness (QED) is 0.769. The molecule has 100 valence electrons. The van der Waals surface area contributed by atoms with Crippen molar-refractivity contribution in [1.82, 2.24) is 0 Å². The van der Waals surface area contributed by atoms with Gasteiger partial charge in [-0.05, 0) is 56.8 Å². The number of aliphatic hydroxyl groups excluding tert-OH is 1. The summed E-state index contributed by atoms with van der Waals surface area (Å²) in [7, 11) is 0. The second-order valence-electron chi connectivity index (χ2n) is 5.98. The van der Waals surface area contributed by atoms with Crippen molar-refractivity contribution in [3.63, 3.8) is 0 Å². The van der Waals surface area contributed by atoms with E-state index in [1.807, 2.05) is 0 Å². The average molecular weight is 240 g/mol. The van der Waals surface area contributed by atoms with Gasteiger partial charge >= 0.3 is 0 Å². The van der Waals surface area contributed by atoms with Crippen molar-refractivity contribution in [2.24, 2.45) is 11.8 Å². The Hall–Kier alpha value is -0.0800. The van der Waals surface area contributed by atoms with Crippen LogP contribution in [0, 0.1) is 11.8 Å². The van der Waals surface area contributed by atoms with E-state index in [0.29, 0.717) is 12.0 Å². The molecule has 0 radical (unpaired) electrons. The SMILES string of the molecule is CCC1CCC(C(O)CCCC2CCCO2)C1. The highest BCUT2D eigenvalue weighted by atomic mass is 16.5. The molecule has 1 aliphatic heterocycles. The third-order valence-corrected chi connectivity index (χ3v) is 4.75. The van der Waals surface area contributed by atoms with E-state index in [4.69, 9.17) is 4.74 Å². The molecule has 0 aromatic heterocycles. The van der Waals surface area contributed by atoms with Gasteiger partial charge in [-0.3, -0.25) is 0 Å². The summed E-state index contributed by atoms with van der Waals surface area (Å²) >= 11 is 0. The van der Waals surface area contributed by atoms with E-state index >= 15 is 0 Å². The first-order valence-corrected chi connectivity index (χ1v) is 7.59. The van der Waals surface area contributed by atoms with E-state index in [9.17, 15) is 5.11 Å². The van der Waals surface area contributed by atoms with Crippen molar-refractivity contribution in [3.05, 3.63) is 0 Å². The van der Waals surface area contributed by atoms with E-state index in [2.05, 4.69) is 6.92 Å². The maximum Gasteiger partial charge on any atom is 0.0576 e. The highest BCUT2D eigenvalue weighted by Crippen LogP contribution is 2.36. The molecule has 2 fully saturated rings. The monoisotopic (exact) mass is 240 g/mol. The maximum atomic E-state index is 10.2. The van der Waals surface area contributed by atoms with Gasteiger partial charge in [0.05, 0.1) is 12.2 Å². The van der Waals surface area contributed by atoms with Crippen molar-refractivity contribution in [1.29, 1.82) is 0 Å². The van der Waals surface area contributed by atoms with Crippen LogP contribution in [0.15, 0.2) is 0 Å². The Kier molecular flexibility index (Phi) is 5.30. The van der Waals surface area contributed by atoms with Gasteiger partial charge in [0.25, 0.3) is 0 Å². The standard InChI is InChI=1S/C15H28O2/c1-2-12-8-9-13(11-12)15(16)7-3-5-14-6-4-10-17-14/h12-16H,2-11H2,1H3. The molecule has 0 amide bonds. The smallest absolute Gasteiger partial charge is 0.0576 e. The van der Waals surface area contributed by atoms with Crippen LogP contribution < -0.4 is 0 Å². The summed E-state index contributed by atoms with van der Waals surface area (Å²) in [6, 6.07) is 0. The minimum Gasteiger partial charge on any atom is -0.393 e. The zero-order valence-corrected chi connectivity index (χ0v) is 11.2. The van der Waals surface area contributed by atoms with Crippen LogP contribution in [-0.2, 0) is 4.74 Å². The van der Waals surface area contributed by atoms with Crippen LogP contribution in [-0.4, -0.2) is 23.9 Å². The topological polar surface area (TPSA) is 29.5 Å². The Balaban J connectivity index is 1.58. The second-order valence-corrected chi connectivity index (χ2v) is 5.98. The molecule has 0 aromatic rings. The summed E-state index contributed by atoms with van der Waals surface area (Å²) in [5.41, 5.74) is 0. The molecule has 2 nitrogen and oxygen atoms in total. The Morgan fingerprint density at radius 1 is 1.29 bits per heavy atom. The van der Waals surface area contributed by atoms with E-state index < -0.39 is 0 Å². The highest BCUT2D eigenvalue weighted by molar-refractivity contribution is 4.80. The van der Waals surface area contributed by atoms with Crippen LogP contribution in [0.3, 0.4) is 0 Å². The summed E-state index contributed by atoms with van der Waals surface area (Å²) in [5, 5.41) is 10.2. The van der Waals surface area contributed by atoms with Gasteiger partial charge in [-0.1, -0.05) is 19.8 Å². The third kappa shape index (κ3) is 3.96. The first-order chi connectivity index (χ1) is 8.29. The lowest BCUT2D eigenvalue weighted by Gasteiger charge is -2.19. The fraction of sp³-hybridized carbons (Fsp3) is 1.00. The predicted octanol–water partition coefficient (Wildman–Crippen LogP) is 3.52. The minimum absolute atomic E-state index is 0.0482. The Morgan fingerprint density at radius 2 is 2.18 bits per heavy atom. The molecule has 0 bridgehead atoms. The van der Waals surface area contributed by atoms with Crippen LogP contribution in [0.5, 0.6) is 0 Å². The molecule has 4 atom stereocenters. The zero-order chi connectivity index (χ0) is 12.1. The van der Waals surface area contributed by atoms with Crippen LogP contribution in [0.2, 0.25) is 0 Å². The lowest BCUT2D eigenvalue weighted by molar-refractivity contribution is 0.0772. The van der Waals surface area contributed by atoms with Crippen LogP contribution >= 0.6 is 0 Å². The fourth-order valence-electron chi connectivity index (χ4n) is 3.50. The molecule has 2 heteroatoms. The van der Waals surface area contributed by atoms with E-state index in [0.717, 1.165) is 31.8 Å². The van der Waals surface area contributed by atoms with Crippen molar-refractivity contribution < 1.29 is 9.84 Å². The molecule has 2 aliphatic rings. The first kappa shape index (κ1) is 13.4. The number of rotatable bonds is 6. The molecular weight excluding hydrogens is 212 g/mol. The zero-order valence-electron chi connectivity index (χ0n) is 11.2. The molecule has 17 heavy (non-hydrogen) atoms. The Bertz CT molecular complexity index is 211. The Morgan fingerprint density at radius 3 is 2.82 bits per heavy atom. The van der Waals surface area contributed by atoms with Gasteiger partial charge in [0, 0.05) is 6.61 Å². The summed E-state index contributed by atoms with van der Waals surface area (Å²) in [5.74, 6) is 1.47. The van der Waals surface area contributed by atoms with Crippen LogP contribution in [0.1, 0.15) is 64.7 Å². The predicted molar refractivity (Wildman–Crippen MR) is 70.0 cm³/mol. The van der Waals surface area contributed by atoms with Gasteiger partial charge in [0.15, 0.2) is 0 Å². The third-order valence-electron chi connectivity index (χ3n) is 4.75. The molecule has 0 aromatic carbocycles. The maximum absolute atomic E-state index is 10.2. The molecule has 1 saturated carbocycles. The molecule has 1 N–H and O–H groups in total. The molecule has 4 unspecified atom stereocenters. The van der Waals surface area contributed by atoms with Gasteiger partial charge in [0.1, 0.15) is 0 Å².